The molecule has 0 heterocycles. The number of carbonyl (C=O) groups excluding carboxylic acids is 2. The number of halogens is 1. The van der Waals surface area contributed by atoms with Gasteiger partial charge in [0.2, 0.25) is 11.8 Å². The van der Waals surface area contributed by atoms with Gasteiger partial charge in [0.25, 0.3) is 0 Å². The number of benzene rings is 1. The van der Waals surface area contributed by atoms with Crippen LogP contribution in [0.25, 0.3) is 0 Å². The van der Waals surface area contributed by atoms with Crippen molar-refractivity contribution in [1.29, 1.82) is 0 Å². The van der Waals surface area contributed by atoms with Crippen LogP contribution in [0.3, 0.4) is 0 Å². The Kier molecular flexibility index (Phi) is 15.2. The normalized spacial score (nSPS) is 13.8. The molecule has 0 radical (unpaired) electrons. The molecule has 1 aromatic carbocycles. The van der Waals surface area contributed by atoms with Crippen LogP contribution in [0, 0.1) is 0 Å². The molecule has 0 aliphatic rings. The topological polar surface area (TPSA) is 129 Å². The largest absolute Gasteiger partial charge is 0.375 e. The number of aliphatic hydroxyl groups is 1. The van der Waals surface area contributed by atoms with Crippen molar-refractivity contribution in [3.05, 3.63) is 70.8 Å². The van der Waals surface area contributed by atoms with E-state index in [1.54, 1.807) is 6.92 Å². The summed E-state index contributed by atoms with van der Waals surface area (Å²) in [6, 6.07) is 7.29. The smallest absolute Gasteiger partial charge is 0.231 e. The van der Waals surface area contributed by atoms with Crippen LogP contribution < -0.4 is 16.4 Å². The van der Waals surface area contributed by atoms with Crippen molar-refractivity contribution in [1.82, 2.24) is 10.6 Å². The predicted octanol–water partition coefficient (Wildman–Crippen LogP) is 4.37. The molecule has 9 heteroatoms. The van der Waals surface area contributed by atoms with Gasteiger partial charge >= 0.3 is 0 Å². The minimum Gasteiger partial charge on any atom is -0.375 e. The maximum absolute atomic E-state index is 12.3. The molecular formula is C26H38ClN5O3. The number of rotatable bonds is 17. The first-order valence-electron chi connectivity index (χ1n) is 11.8. The predicted molar refractivity (Wildman–Crippen MR) is 141 cm³/mol. The van der Waals surface area contributed by atoms with Gasteiger partial charge in [0.15, 0.2) is 0 Å². The minimum atomic E-state index is -0.915. The van der Waals surface area contributed by atoms with Gasteiger partial charge in [-0.05, 0) is 55.9 Å². The van der Waals surface area contributed by atoms with E-state index in [0.717, 1.165) is 17.6 Å². The first-order chi connectivity index (χ1) is 16.7. The maximum atomic E-state index is 12.3. The van der Waals surface area contributed by atoms with Crippen molar-refractivity contribution >= 4 is 23.4 Å². The fraction of sp³-hybridized carbons (Fsp3) is 0.462. The molecule has 0 aliphatic carbocycles. The van der Waals surface area contributed by atoms with Crippen LogP contribution in [-0.2, 0) is 9.59 Å². The molecule has 35 heavy (non-hydrogen) atoms. The quantitative estimate of drug-likeness (QED) is 0.109. The van der Waals surface area contributed by atoms with Gasteiger partial charge in [0, 0.05) is 18.0 Å². The molecule has 0 saturated carbocycles. The van der Waals surface area contributed by atoms with E-state index < -0.39 is 12.1 Å². The van der Waals surface area contributed by atoms with Crippen LogP contribution in [0.1, 0.15) is 57.6 Å². The summed E-state index contributed by atoms with van der Waals surface area (Å²) in [6.07, 6.45) is 7.80. The van der Waals surface area contributed by atoms with Crippen LogP contribution in [0.15, 0.2) is 70.4 Å². The zero-order valence-electron chi connectivity index (χ0n) is 20.7. The molecule has 2 amide bonds. The van der Waals surface area contributed by atoms with Crippen LogP contribution in [0.5, 0.6) is 0 Å². The molecule has 0 aliphatic heterocycles. The highest BCUT2D eigenvalue weighted by Gasteiger charge is 2.13. The standard InChI is InChI=1S/C26H38ClN5O3/c1-4-16-31-32-23(21-9-11-22(27)12-10-21)13-14-25(34)29-17-15-19(2)7-5-6-8-20(3)26(35)30-18-24(28)33/h5,7-12,23,26,30,35H,2,4,6,13-18H2,1,3H3,(H2,28,33)(H,29,34)/b7-5-,20-8+,32-31?. The summed E-state index contributed by atoms with van der Waals surface area (Å²) in [5, 5.41) is 24.7. The molecule has 0 fully saturated rings. The number of hydrogen-bond donors (Lipinski definition) is 4. The zero-order valence-corrected chi connectivity index (χ0v) is 21.4. The molecule has 0 aromatic heterocycles. The molecule has 8 nitrogen and oxygen atoms in total. The van der Waals surface area contributed by atoms with Crippen LogP contribution in [0.2, 0.25) is 5.02 Å². The van der Waals surface area contributed by atoms with E-state index in [1.165, 1.54) is 0 Å². The molecule has 2 atom stereocenters. The Balaban J connectivity index is 2.38. The molecule has 0 spiro atoms. The van der Waals surface area contributed by atoms with Crippen LogP contribution in [0.4, 0.5) is 0 Å². The second-order valence-corrected chi connectivity index (χ2v) is 8.62. The third-order valence-corrected chi connectivity index (χ3v) is 5.29. The lowest BCUT2D eigenvalue weighted by molar-refractivity contribution is -0.121. The summed E-state index contributed by atoms with van der Waals surface area (Å²) in [5.41, 5.74) is 7.61. The lowest BCUT2D eigenvalue weighted by Gasteiger charge is -2.12. The van der Waals surface area contributed by atoms with E-state index >= 15 is 0 Å². The number of nitrogens with zero attached hydrogens (tertiary/aromatic N) is 2. The molecule has 0 bridgehead atoms. The van der Waals surface area contributed by atoms with E-state index in [0.29, 0.717) is 49.4 Å². The minimum absolute atomic E-state index is 0.0394. The highest BCUT2D eigenvalue weighted by molar-refractivity contribution is 6.30. The fourth-order valence-electron chi connectivity index (χ4n) is 2.99. The van der Waals surface area contributed by atoms with Crippen LogP contribution in [-0.4, -0.2) is 42.8 Å². The maximum Gasteiger partial charge on any atom is 0.231 e. The highest BCUT2D eigenvalue weighted by atomic mass is 35.5. The summed E-state index contributed by atoms with van der Waals surface area (Å²) in [4.78, 5) is 23.1. The van der Waals surface area contributed by atoms with E-state index in [4.69, 9.17) is 17.3 Å². The lowest BCUT2D eigenvalue weighted by Crippen LogP contribution is -2.37. The van der Waals surface area contributed by atoms with Gasteiger partial charge in [-0.2, -0.15) is 10.2 Å². The Hall–Kier alpha value is -2.81. The monoisotopic (exact) mass is 503 g/mol. The zero-order chi connectivity index (χ0) is 26.1. The number of amides is 2. The third-order valence-electron chi connectivity index (χ3n) is 5.04. The number of primary amides is 1. The van der Waals surface area contributed by atoms with E-state index in [2.05, 4.69) is 27.4 Å². The van der Waals surface area contributed by atoms with E-state index in [1.807, 2.05) is 49.4 Å². The van der Waals surface area contributed by atoms with Crippen molar-refractivity contribution in [3.63, 3.8) is 0 Å². The summed E-state index contributed by atoms with van der Waals surface area (Å²) in [7, 11) is 0. The summed E-state index contributed by atoms with van der Waals surface area (Å²) < 4.78 is 0. The van der Waals surface area contributed by atoms with Gasteiger partial charge in [0.1, 0.15) is 6.23 Å². The molecule has 1 rings (SSSR count). The van der Waals surface area contributed by atoms with Crippen molar-refractivity contribution < 1.29 is 14.7 Å². The van der Waals surface area contributed by atoms with E-state index in [9.17, 15) is 14.7 Å². The number of allylic oxidation sites excluding steroid dienone is 3. The van der Waals surface area contributed by atoms with Gasteiger partial charge in [-0.1, -0.05) is 61.0 Å². The Morgan fingerprint density at radius 3 is 2.63 bits per heavy atom. The second-order valence-electron chi connectivity index (χ2n) is 8.18. The fourth-order valence-corrected chi connectivity index (χ4v) is 3.12. The Labute approximate surface area is 213 Å². The highest BCUT2D eigenvalue weighted by Crippen LogP contribution is 2.25. The molecule has 2 unspecified atom stereocenters. The summed E-state index contributed by atoms with van der Waals surface area (Å²) >= 11 is 5.98. The van der Waals surface area contributed by atoms with E-state index in [-0.39, 0.29) is 18.5 Å². The Bertz CT molecular complexity index is 897. The van der Waals surface area contributed by atoms with Gasteiger partial charge in [0.05, 0.1) is 19.1 Å². The first kappa shape index (κ1) is 30.2. The van der Waals surface area contributed by atoms with Crippen molar-refractivity contribution in [2.45, 2.75) is 58.2 Å². The number of azo groups is 1. The Morgan fingerprint density at radius 1 is 1.26 bits per heavy atom. The molecule has 5 N–H and O–H groups in total. The average molecular weight is 504 g/mol. The first-order valence-corrected chi connectivity index (χ1v) is 12.2. The molecular weight excluding hydrogens is 466 g/mol. The SMILES string of the molecule is C=C(/C=C\C/C=C(\C)C(O)NCC(N)=O)CCNC(=O)CCC(N=NCCC)c1ccc(Cl)cc1. The molecule has 0 saturated heterocycles. The number of hydrogen-bond acceptors (Lipinski definition) is 6. The van der Waals surface area contributed by atoms with Crippen molar-refractivity contribution in [3.8, 4) is 0 Å². The molecule has 192 valence electrons. The lowest BCUT2D eigenvalue weighted by atomic mass is 10.0. The van der Waals surface area contributed by atoms with Gasteiger partial charge in [-0.15, -0.1) is 0 Å². The van der Waals surface area contributed by atoms with Crippen LogP contribution >= 0.6 is 11.6 Å². The van der Waals surface area contributed by atoms with Crippen molar-refractivity contribution in [2.75, 3.05) is 19.6 Å². The van der Waals surface area contributed by atoms with Crippen molar-refractivity contribution in [2.24, 2.45) is 16.0 Å². The van der Waals surface area contributed by atoms with Gasteiger partial charge in [-0.25, -0.2) is 0 Å². The summed E-state index contributed by atoms with van der Waals surface area (Å²) in [6.45, 7) is 8.88. The third kappa shape index (κ3) is 14.2. The van der Waals surface area contributed by atoms with Gasteiger partial charge < -0.3 is 16.2 Å². The Morgan fingerprint density at radius 2 is 1.97 bits per heavy atom. The summed E-state index contributed by atoms with van der Waals surface area (Å²) in [5.74, 6) is -0.568. The number of carbonyl (C=O) groups is 2. The number of aliphatic hydroxyl groups excluding tert-OH is 1. The number of nitrogens with two attached hydrogens (primary N) is 1. The molecule has 1 aromatic rings. The number of nitrogens with one attached hydrogen (secondary N) is 2. The van der Waals surface area contributed by atoms with Gasteiger partial charge in [-0.3, -0.25) is 14.9 Å². The average Bonchev–Trinajstić information content (AvgIpc) is 2.83. The second kappa shape index (κ2) is 17.6.